The first kappa shape index (κ1) is 89.1. The van der Waals surface area contributed by atoms with E-state index in [-0.39, 0.29) is 25.7 Å². The van der Waals surface area contributed by atoms with Crippen molar-refractivity contribution in [3.8, 4) is 0 Å². The molecule has 0 aromatic heterocycles. The maximum Gasteiger partial charge on any atom is 0.472 e. The van der Waals surface area contributed by atoms with Crippen LogP contribution in [0.5, 0.6) is 0 Å². The molecule has 0 rings (SSSR count). The van der Waals surface area contributed by atoms with Gasteiger partial charge in [0, 0.05) is 25.7 Å². The zero-order valence-electron chi connectivity index (χ0n) is 59.3. The molecular formula is C72H140O17P2. The number of unbranched alkanes of at least 4 members (excludes halogenated alkanes) is 37. The van der Waals surface area contributed by atoms with Crippen LogP contribution < -0.4 is 0 Å². The molecule has 0 amide bonds. The van der Waals surface area contributed by atoms with Crippen molar-refractivity contribution in [2.75, 3.05) is 39.6 Å². The first-order valence-corrected chi connectivity index (χ1v) is 40.4. The number of hydrogen-bond acceptors (Lipinski definition) is 15. The summed E-state index contributed by atoms with van der Waals surface area (Å²) in [6.45, 7) is 11.9. The summed E-state index contributed by atoms with van der Waals surface area (Å²) in [7, 11) is -9.90. The van der Waals surface area contributed by atoms with E-state index in [4.69, 9.17) is 37.0 Å². The highest BCUT2D eigenvalue weighted by Crippen LogP contribution is 2.45. The quantitative estimate of drug-likeness (QED) is 0.0222. The van der Waals surface area contributed by atoms with Gasteiger partial charge >= 0.3 is 39.5 Å². The second kappa shape index (κ2) is 62.8. The number of hydrogen-bond donors (Lipinski definition) is 3. The highest BCUT2D eigenvalue weighted by Gasteiger charge is 2.30. The Bertz CT molecular complexity index is 1790. The van der Waals surface area contributed by atoms with Crippen LogP contribution >= 0.6 is 15.6 Å². The summed E-state index contributed by atoms with van der Waals surface area (Å²) in [5.41, 5.74) is 0. The minimum absolute atomic E-state index is 0.105. The molecule has 0 bridgehead atoms. The molecule has 540 valence electrons. The SMILES string of the molecule is CCCCCCCCCC(=O)OC[C@H](COP(=O)(O)OC[C@H](O)COP(=O)(O)OC[C@@H](COC(=O)CCCCCCCCCCCCC(C)CC)OC(=O)CCCCCCCCCCCCCCCCC(C)C)OC(=O)CCCCCCCCCCCCC(C)C. The van der Waals surface area contributed by atoms with Gasteiger partial charge in [0.15, 0.2) is 12.2 Å². The molecule has 0 aliphatic heterocycles. The zero-order chi connectivity index (χ0) is 67.3. The Morgan fingerprint density at radius 1 is 0.319 bits per heavy atom. The lowest BCUT2D eigenvalue weighted by Gasteiger charge is -2.21. The predicted octanol–water partition coefficient (Wildman–Crippen LogP) is 20.6. The molecule has 6 atom stereocenters. The van der Waals surface area contributed by atoms with E-state index >= 15 is 0 Å². The van der Waals surface area contributed by atoms with E-state index < -0.39 is 97.5 Å². The molecule has 0 aromatic rings. The topological polar surface area (TPSA) is 237 Å². The molecule has 17 nitrogen and oxygen atoms in total. The Labute approximate surface area is 556 Å². The summed E-state index contributed by atoms with van der Waals surface area (Å²) in [5.74, 6) is 0.230. The fourth-order valence-corrected chi connectivity index (χ4v) is 12.4. The molecule has 0 aromatic carbocycles. The number of rotatable bonds is 70. The lowest BCUT2D eigenvalue weighted by atomic mass is 9.99. The second-order valence-corrected chi connectivity index (χ2v) is 30.1. The smallest absolute Gasteiger partial charge is 0.462 e. The highest BCUT2D eigenvalue weighted by molar-refractivity contribution is 7.47. The molecule has 91 heavy (non-hydrogen) atoms. The first-order valence-electron chi connectivity index (χ1n) is 37.4. The number of esters is 4. The summed E-state index contributed by atoms with van der Waals surface area (Å²) >= 11 is 0. The standard InChI is InChI=1S/C72H140O17P2/c1-8-10-11-12-29-39-46-53-69(74)82-59-67(88-72(77)56-49-42-35-28-21-19-24-31-37-44-51-64(5)6)61-86-90(78,79)84-57-66(73)58-85-91(80,81)87-62-68(60-83-70(75)54-47-40-33-26-22-20-25-32-38-45-52-65(7)9-2)89-71(76)55-48-41-34-27-18-16-14-13-15-17-23-30-36-43-50-63(3)4/h63-68,73H,8-62H2,1-7H3,(H,78,79)(H,80,81)/t65?,66-,67+,68+/m0/s1. The van der Waals surface area contributed by atoms with Crippen molar-refractivity contribution in [1.82, 2.24) is 0 Å². The number of aliphatic hydroxyl groups is 1. The molecular weight excluding hydrogens is 1200 g/mol. The fourth-order valence-electron chi connectivity index (χ4n) is 10.9. The van der Waals surface area contributed by atoms with E-state index in [2.05, 4.69) is 48.5 Å². The molecule has 0 radical (unpaired) electrons. The van der Waals surface area contributed by atoms with E-state index in [1.54, 1.807) is 0 Å². The summed E-state index contributed by atoms with van der Waals surface area (Å²) in [6, 6.07) is 0. The van der Waals surface area contributed by atoms with Gasteiger partial charge in [0.25, 0.3) is 0 Å². The lowest BCUT2D eigenvalue weighted by Crippen LogP contribution is -2.30. The third-order valence-corrected chi connectivity index (χ3v) is 18.9. The predicted molar refractivity (Wildman–Crippen MR) is 368 cm³/mol. The Hall–Kier alpha value is -1.94. The summed E-state index contributed by atoms with van der Waals surface area (Å²) in [5, 5.41) is 10.6. The number of phosphoric acid groups is 2. The van der Waals surface area contributed by atoms with Gasteiger partial charge in [-0.3, -0.25) is 37.3 Å². The Morgan fingerprint density at radius 3 is 0.835 bits per heavy atom. The average molecular weight is 1340 g/mol. The summed E-state index contributed by atoms with van der Waals surface area (Å²) in [4.78, 5) is 72.5. The van der Waals surface area contributed by atoms with Crippen molar-refractivity contribution in [2.45, 2.75) is 381 Å². The largest absolute Gasteiger partial charge is 0.472 e. The maximum absolute atomic E-state index is 13.0. The van der Waals surface area contributed by atoms with Gasteiger partial charge in [0.1, 0.15) is 19.3 Å². The minimum atomic E-state index is -4.95. The Morgan fingerprint density at radius 2 is 0.560 bits per heavy atom. The Balaban J connectivity index is 5.21. The van der Waals surface area contributed by atoms with E-state index in [9.17, 15) is 43.2 Å². The number of aliphatic hydroxyl groups excluding tert-OH is 1. The van der Waals surface area contributed by atoms with Crippen LogP contribution in [0, 0.1) is 17.8 Å². The van der Waals surface area contributed by atoms with Gasteiger partial charge in [-0.1, -0.05) is 312 Å². The van der Waals surface area contributed by atoms with Crippen LogP contribution in [0.1, 0.15) is 363 Å². The van der Waals surface area contributed by atoms with Gasteiger partial charge in [-0.2, -0.15) is 0 Å². The van der Waals surface area contributed by atoms with E-state index in [1.165, 1.54) is 161 Å². The normalized spacial score (nSPS) is 14.5. The number of phosphoric ester groups is 2. The van der Waals surface area contributed by atoms with Crippen LogP contribution in [0.3, 0.4) is 0 Å². The van der Waals surface area contributed by atoms with E-state index in [0.29, 0.717) is 25.7 Å². The van der Waals surface area contributed by atoms with Crippen LogP contribution in [-0.4, -0.2) is 96.7 Å². The van der Waals surface area contributed by atoms with Crippen LogP contribution in [0.25, 0.3) is 0 Å². The van der Waals surface area contributed by atoms with Crippen molar-refractivity contribution >= 4 is 39.5 Å². The second-order valence-electron chi connectivity index (χ2n) is 27.2. The van der Waals surface area contributed by atoms with Gasteiger partial charge in [0.05, 0.1) is 26.4 Å². The van der Waals surface area contributed by atoms with Gasteiger partial charge < -0.3 is 33.8 Å². The monoisotopic (exact) mass is 1340 g/mol. The van der Waals surface area contributed by atoms with E-state index in [1.807, 2.05) is 0 Å². The molecule has 0 heterocycles. The van der Waals surface area contributed by atoms with Crippen LogP contribution in [0.2, 0.25) is 0 Å². The molecule has 19 heteroatoms. The lowest BCUT2D eigenvalue weighted by molar-refractivity contribution is -0.161. The van der Waals surface area contributed by atoms with Crippen molar-refractivity contribution < 1.29 is 80.2 Å². The van der Waals surface area contributed by atoms with Crippen molar-refractivity contribution in [3.63, 3.8) is 0 Å². The van der Waals surface area contributed by atoms with Crippen LogP contribution in [0.4, 0.5) is 0 Å². The minimum Gasteiger partial charge on any atom is -0.462 e. The van der Waals surface area contributed by atoms with Crippen LogP contribution in [-0.2, 0) is 65.4 Å². The van der Waals surface area contributed by atoms with Crippen molar-refractivity contribution in [2.24, 2.45) is 17.8 Å². The van der Waals surface area contributed by atoms with E-state index in [0.717, 1.165) is 120 Å². The van der Waals surface area contributed by atoms with Gasteiger partial charge in [-0.15, -0.1) is 0 Å². The number of carbonyl (C=O) groups is 4. The molecule has 0 saturated carbocycles. The van der Waals surface area contributed by atoms with Gasteiger partial charge in [0.2, 0.25) is 0 Å². The number of ether oxygens (including phenoxy) is 4. The first-order chi connectivity index (χ1) is 43.8. The third-order valence-electron chi connectivity index (χ3n) is 17.0. The fraction of sp³-hybridized carbons (Fsp3) is 0.944. The molecule has 3 unspecified atom stereocenters. The summed E-state index contributed by atoms with van der Waals surface area (Å²) in [6.07, 6.45) is 47.2. The van der Waals surface area contributed by atoms with Gasteiger partial charge in [-0.05, 0) is 43.4 Å². The molecule has 0 saturated heterocycles. The molecule has 0 fully saturated rings. The van der Waals surface area contributed by atoms with Crippen molar-refractivity contribution in [1.29, 1.82) is 0 Å². The molecule has 0 aliphatic carbocycles. The van der Waals surface area contributed by atoms with Crippen molar-refractivity contribution in [3.05, 3.63) is 0 Å². The molecule has 0 spiro atoms. The van der Waals surface area contributed by atoms with Gasteiger partial charge in [-0.25, -0.2) is 9.13 Å². The number of carbonyl (C=O) groups excluding carboxylic acids is 4. The zero-order valence-corrected chi connectivity index (χ0v) is 61.1. The molecule has 3 N–H and O–H groups in total. The molecule has 0 aliphatic rings. The highest BCUT2D eigenvalue weighted by atomic mass is 31.2. The summed E-state index contributed by atoms with van der Waals surface area (Å²) < 4.78 is 68.3. The third kappa shape index (κ3) is 65.1. The Kier molecular flexibility index (Phi) is 61.5. The van der Waals surface area contributed by atoms with Crippen LogP contribution in [0.15, 0.2) is 0 Å². The maximum atomic E-state index is 13.0. The average Bonchev–Trinajstić information content (AvgIpc) is 3.34.